The zero-order chi connectivity index (χ0) is 15.6. The van der Waals surface area contributed by atoms with Gasteiger partial charge in [0.25, 0.3) is 0 Å². The van der Waals surface area contributed by atoms with Crippen LogP contribution >= 0.6 is 15.9 Å². The number of rotatable bonds is 4. The first-order valence-corrected chi connectivity index (χ1v) is 7.16. The Kier molecular flexibility index (Phi) is 4.73. The predicted octanol–water partition coefficient (Wildman–Crippen LogP) is 4.67. The topological polar surface area (TPSA) is 26.3 Å². The number of aryl methyl sites for hydroxylation is 1. The van der Waals surface area contributed by atoms with Crippen molar-refractivity contribution in [3.8, 4) is 5.75 Å². The standard InChI is InChI=1S/C16H13BrF2O2/c1-3-21-14-5-4-9(2)6-11(14)16(20)15-12(18)7-10(17)8-13(15)19/h4-8H,3H2,1-2H3. The molecule has 0 atom stereocenters. The number of carbonyl (C=O) groups is 1. The van der Waals surface area contributed by atoms with Gasteiger partial charge in [-0.1, -0.05) is 27.6 Å². The molecule has 0 unspecified atom stereocenters. The average Bonchev–Trinajstić information content (AvgIpc) is 2.39. The third kappa shape index (κ3) is 3.29. The van der Waals surface area contributed by atoms with Gasteiger partial charge in [0.05, 0.1) is 17.7 Å². The molecule has 2 nitrogen and oxygen atoms in total. The summed E-state index contributed by atoms with van der Waals surface area (Å²) >= 11 is 2.99. The molecule has 2 aromatic carbocycles. The number of carbonyl (C=O) groups excluding carboxylic acids is 1. The molecular weight excluding hydrogens is 342 g/mol. The van der Waals surface area contributed by atoms with E-state index in [2.05, 4.69) is 15.9 Å². The first kappa shape index (κ1) is 15.6. The second kappa shape index (κ2) is 6.35. The van der Waals surface area contributed by atoms with Crippen LogP contribution in [0.1, 0.15) is 28.4 Å². The Hall–Kier alpha value is -1.75. The van der Waals surface area contributed by atoms with Crippen molar-refractivity contribution in [2.75, 3.05) is 6.61 Å². The lowest BCUT2D eigenvalue weighted by Gasteiger charge is -2.11. The molecule has 0 N–H and O–H groups in total. The van der Waals surface area contributed by atoms with E-state index in [1.54, 1.807) is 32.0 Å². The highest BCUT2D eigenvalue weighted by atomic mass is 79.9. The SMILES string of the molecule is CCOc1ccc(C)cc1C(=O)c1c(F)cc(Br)cc1F. The molecule has 0 amide bonds. The van der Waals surface area contributed by atoms with Crippen molar-refractivity contribution < 1.29 is 18.3 Å². The minimum absolute atomic E-state index is 0.150. The van der Waals surface area contributed by atoms with E-state index in [-0.39, 0.29) is 10.0 Å². The van der Waals surface area contributed by atoms with Crippen LogP contribution in [0, 0.1) is 18.6 Å². The van der Waals surface area contributed by atoms with Gasteiger partial charge in [-0.3, -0.25) is 4.79 Å². The highest BCUT2D eigenvalue weighted by Crippen LogP contribution is 2.27. The van der Waals surface area contributed by atoms with Gasteiger partial charge in [0, 0.05) is 4.47 Å². The van der Waals surface area contributed by atoms with E-state index >= 15 is 0 Å². The maximum atomic E-state index is 13.9. The van der Waals surface area contributed by atoms with Crippen molar-refractivity contribution in [3.05, 3.63) is 63.1 Å². The van der Waals surface area contributed by atoms with Crippen LogP contribution in [0.5, 0.6) is 5.75 Å². The highest BCUT2D eigenvalue weighted by Gasteiger charge is 2.23. The van der Waals surface area contributed by atoms with E-state index in [0.29, 0.717) is 12.4 Å². The third-order valence-corrected chi connectivity index (χ3v) is 3.37. The summed E-state index contributed by atoms with van der Waals surface area (Å²) in [7, 11) is 0. The lowest BCUT2D eigenvalue weighted by atomic mass is 9.99. The molecule has 2 rings (SSSR count). The molecule has 5 heteroatoms. The van der Waals surface area contributed by atoms with E-state index in [1.807, 2.05) is 0 Å². The van der Waals surface area contributed by atoms with Crippen molar-refractivity contribution in [3.63, 3.8) is 0 Å². The maximum absolute atomic E-state index is 13.9. The Morgan fingerprint density at radius 2 is 1.81 bits per heavy atom. The summed E-state index contributed by atoms with van der Waals surface area (Å²) in [5.41, 5.74) is 0.376. The molecule has 0 bridgehead atoms. The van der Waals surface area contributed by atoms with Gasteiger partial charge < -0.3 is 4.74 Å². The largest absolute Gasteiger partial charge is 0.493 e. The van der Waals surface area contributed by atoms with Crippen LogP contribution in [0.15, 0.2) is 34.8 Å². The van der Waals surface area contributed by atoms with Crippen molar-refractivity contribution in [2.24, 2.45) is 0 Å². The summed E-state index contributed by atoms with van der Waals surface area (Å²) in [6, 6.07) is 7.09. The van der Waals surface area contributed by atoms with Gasteiger partial charge in [0.2, 0.25) is 5.78 Å². The van der Waals surface area contributed by atoms with Gasteiger partial charge in [0.15, 0.2) is 0 Å². The van der Waals surface area contributed by atoms with Crippen LogP contribution < -0.4 is 4.74 Å². The Morgan fingerprint density at radius 3 is 2.38 bits per heavy atom. The van der Waals surface area contributed by atoms with Crippen molar-refractivity contribution >= 4 is 21.7 Å². The summed E-state index contributed by atoms with van der Waals surface area (Å²) in [5, 5.41) is 0. The third-order valence-electron chi connectivity index (χ3n) is 2.91. The summed E-state index contributed by atoms with van der Waals surface area (Å²) in [6.45, 7) is 3.92. The molecule has 2 aromatic rings. The van der Waals surface area contributed by atoms with E-state index in [9.17, 15) is 13.6 Å². The summed E-state index contributed by atoms with van der Waals surface area (Å²) in [6.07, 6.45) is 0. The molecule has 21 heavy (non-hydrogen) atoms. The zero-order valence-corrected chi connectivity index (χ0v) is 13.1. The second-order valence-corrected chi connectivity index (χ2v) is 5.42. The average molecular weight is 355 g/mol. The molecular formula is C16H13BrF2O2. The molecule has 0 aromatic heterocycles. The van der Waals surface area contributed by atoms with Crippen LogP contribution in [0.4, 0.5) is 8.78 Å². The Morgan fingerprint density at radius 1 is 1.19 bits per heavy atom. The van der Waals surface area contributed by atoms with Gasteiger partial charge in [-0.2, -0.15) is 0 Å². The van der Waals surface area contributed by atoms with E-state index in [0.717, 1.165) is 17.7 Å². The summed E-state index contributed by atoms with van der Waals surface area (Å²) in [5.74, 6) is -2.23. The second-order valence-electron chi connectivity index (χ2n) is 4.51. The normalized spacial score (nSPS) is 10.5. The summed E-state index contributed by atoms with van der Waals surface area (Å²) < 4.78 is 33.5. The number of ether oxygens (including phenoxy) is 1. The number of hydrogen-bond acceptors (Lipinski definition) is 2. The Balaban J connectivity index is 2.57. The smallest absolute Gasteiger partial charge is 0.202 e. The minimum atomic E-state index is -0.907. The van der Waals surface area contributed by atoms with E-state index in [1.165, 1.54) is 0 Å². The van der Waals surface area contributed by atoms with Gasteiger partial charge in [-0.15, -0.1) is 0 Å². The Labute approximate surface area is 129 Å². The lowest BCUT2D eigenvalue weighted by Crippen LogP contribution is -2.10. The van der Waals surface area contributed by atoms with Crippen LogP contribution in [-0.2, 0) is 0 Å². The van der Waals surface area contributed by atoms with Crippen LogP contribution in [0.2, 0.25) is 0 Å². The molecule has 0 spiro atoms. The Bertz CT molecular complexity index is 676. The first-order valence-electron chi connectivity index (χ1n) is 6.36. The fourth-order valence-corrected chi connectivity index (χ4v) is 2.40. The van der Waals surface area contributed by atoms with Crippen molar-refractivity contribution in [1.82, 2.24) is 0 Å². The molecule has 110 valence electrons. The first-order chi connectivity index (χ1) is 9.93. The fourth-order valence-electron chi connectivity index (χ4n) is 2.00. The molecule has 0 fully saturated rings. The van der Waals surface area contributed by atoms with E-state index < -0.39 is 23.0 Å². The number of hydrogen-bond donors (Lipinski definition) is 0. The van der Waals surface area contributed by atoms with Crippen LogP contribution in [-0.4, -0.2) is 12.4 Å². The molecule has 0 saturated carbocycles. The van der Waals surface area contributed by atoms with Gasteiger partial charge >= 0.3 is 0 Å². The van der Waals surface area contributed by atoms with Crippen molar-refractivity contribution in [1.29, 1.82) is 0 Å². The summed E-state index contributed by atoms with van der Waals surface area (Å²) in [4.78, 5) is 12.5. The van der Waals surface area contributed by atoms with Gasteiger partial charge in [0.1, 0.15) is 17.4 Å². The van der Waals surface area contributed by atoms with E-state index in [4.69, 9.17) is 4.74 Å². The van der Waals surface area contributed by atoms with Gasteiger partial charge in [-0.05, 0) is 38.1 Å². The minimum Gasteiger partial charge on any atom is -0.493 e. The van der Waals surface area contributed by atoms with Crippen LogP contribution in [0.3, 0.4) is 0 Å². The number of ketones is 1. The fraction of sp³-hybridized carbons (Fsp3) is 0.188. The molecule has 0 radical (unpaired) electrons. The molecule has 0 aliphatic rings. The number of benzene rings is 2. The van der Waals surface area contributed by atoms with Crippen molar-refractivity contribution in [2.45, 2.75) is 13.8 Å². The van der Waals surface area contributed by atoms with Crippen LogP contribution in [0.25, 0.3) is 0 Å². The number of halogens is 3. The maximum Gasteiger partial charge on any atom is 0.202 e. The van der Waals surface area contributed by atoms with Gasteiger partial charge in [-0.25, -0.2) is 8.78 Å². The highest BCUT2D eigenvalue weighted by molar-refractivity contribution is 9.10. The predicted molar refractivity (Wildman–Crippen MR) is 79.8 cm³/mol. The lowest BCUT2D eigenvalue weighted by molar-refractivity contribution is 0.102. The zero-order valence-electron chi connectivity index (χ0n) is 11.5. The molecule has 0 saturated heterocycles. The molecule has 0 aliphatic carbocycles. The quantitative estimate of drug-likeness (QED) is 0.746. The molecule has 0 heterocycles. The molecule has 0 aliphatic heterocycles. The monoisotopic (exact) mass is 354 g/mol.